The van der Waals surface area contributed by atoms with Gasteiger partial charge in [-0.15, -0.1) is 0 Å². The zero-order chi connectivity index (χ0) is 22.4. The lowest BCUT2D eigenvalue weighted by Crippen LogP contribution is -2.37. The Kier molecular flexibility index (Phi) is 7.57. The van der Waals surface area contributed by atoms with Gasteiger partial charge >= 0.3 is 0 Å². The summed E-state index contributed by atoms with van der Waals surface area (Å²) >= 11 is 1.82. The van der Waals surface area contributed by atoms with Crippen molar-refractivity contribution in [2.45, 2.75) is 30.2 Å². The van der Waals surface area contributed by atoms with E-state index in [0.717, 1.165) is 24.3 Å². The van der Waals surface area contributed by atoms with Crippen LogP contribution >= 0.6 is 11.8 Å². The van der Waals surface area contributed by atoms with Gasteiger partial charge in [-0.25, -0.2) is 26.9 Å². The Morgan fingerprint density at radius 2 is 1.94 bits per heavy atom. The van der Waals surface area contributed by atoms with Crippen molar-refractivity contribution in [3.63, 3.8) is 0 Å². The predicted molar refractivity (Wildman–Crippen MR) is 114 cm³/mol. The van der Waals surface area contributed by atoms with Crippen LogP contribution in [0.2, 0.25) is 0 Å². The average molecular weight is 471 g/mol. The maximum Gasteiger partial charge on any atom is 0.290 e. The van der Waals surface area contributed by atoms with E-state index in [0.29, 0.717) is 22.3 Å². The molecule has 1 aliphatic rings. The summed E-state index contributed by atoms with van der Waals surface area (Å²) in [5.74, 6) is 1.89. The number of thioether (sulfide) groups is 1. The Morgan fingerprint density at radius 1 is 1.23 bits per heavy atom. The van der Waals surface area contributed by atoms with Crippen LogP contribution in [0.3, 0.4) is 0 Å². The van der Waals surface area contributed by atoms with Gasteiger partial charge in [-0.1, -0.05) is 0 Å². The lowest BCUT2D eigenvalue weighted by Gasteiger charge is -2.22. The molecular formula is C19H20F2N4O4S2. The molecule has 0 bridgehead atoms. The van der Waals surface area contributed by atoms with E-state index in [1.54, 1.807) is 12.1 Å². The summed E-state index contributed by atoms with van der Waals surface area (Å²) in [7, 11) is -3.65. The van der Waals surface area contributed by atoms with Crippen molar-refractivity contribution < 1.29 is 27.1 Å². The number of carbonyl (C=O) groups is 1. The van der Waals surface area contributed by atoms with Crippen LogP contribution in [0, 0.1) is 0 Å². The molecular weight excluding hydrogens is 450 g/mol. The quantitative estimate of drug-likeness (QED) is 0.488. The molecule has 12 heteroatoms. The van der Waals surface area contributed by atoms with Gasteiger partial charge in [0.25, 0.3) is 12.9 Å². The SMILES string of the molecule is O=CO.O=S(=O)(NC1CCSCC1)c1ccc(-c2ccnc3[nH]c(C(F)F)cc23)nc1. The van der Waals surface area contributed by atoms with Gasteiger partial charge in [0.15, 0.2) is 0 Å². The topological polar surface area (TPSA) is 125 Å². The van der Waals surface area contributed by atoms with Crippen molar-refractivity contribution in [2.75, 3.05) is 11.5 Å². The Bertz CT molecular complexity index is 1130. The van der Waals surface area contributed by atoms with Gasteiger partial charge in [0, 0.05) is 29.4 Å². The fourth-order valence-corrected chi connectivity index (χ4v) is 5.55. The smallest absolute Gasteiger partial charge is 0.290 e. The van der Waals surface area contributed by atoms with E-state index in [4.69, 9.17) is 9.90 Å². The summed E-state index contributed by atoms with van der Waals surface area (Å²) in [5, 5.41) is 7.40. The second-order valence-electron chi connectivity index (χ2n) is 6.64. The lowest BCUT2D eigenvalue weighted by atomic mass is 10.1. The molecule has 0 aromatic carbocycles. The van der Waals surface area contributed by atoms with Crippen molar-refractivity contribution in [3.05, 3.63) is 42.4 Å². The minimum Gasteiger partial charge on any atom is -0.483 e. The number of hydrogen-bond acceptors (Lipinski definition) is 6. The van der Waals surface area contributed by atoms with Crippen LogP contribution in [0.4, 0.5) is 8.78 Å². The van der Waals surface area contributed by atoms with Gasteiger partial charge in [-0.05, 0) is 48.6 Å². The first-order valence-electron chi connectivity index (χ1n) is 9.26. The molecule has 0 unspecified atom stereocenters. The maximum absolute atomic E-state index is 13.0. The molecule has 0 radical (unpaired) electrons. The summed E-state index contributed by atoms with van der Waals surface area (Å²) in [6.45, 7) is -0.250. The van der Waals surface area contributed by atoms with Gasteiger partial charge in [-0.3, -0.25) is 9.78 Å². The van der Waals surface area contributed by atoms with Crippen molar-refractivity contribution in [1.29, 1.82) is 0 Å². The zero-order valence-electron chi connectivity index (χ0n) is 16.2. The first kappa shape index (κ1) is 23.1. The van der Waals surface area contributed by atoms with Gasteiger partial charge in [0.2, 0.25) is 10.0 Å². The van der Waals surface area contributed by atoms with Crippen LogP contribution in [0.15, 0.2) is 41.6 Å². The first-order valence-corrected chi connectivity index (χ1v) is 11.9. The molecule has 1 saturated heterocycles. The molecule has 3 aromatic rings. The average Bonchev–Trinajstić information content (AvgIpc) is 3.20. The van der Waals surface area contributed by atoms with Crippen molar-refractivity contribution in [3.8, 4) is 11.3 Å². The van der Waals surface area contributed by atoms with Gasteiger partial charge in [-0.2, -0.15) is 11.8 Å². The van der Waals surface area contributed by atoms with Crippen LogP contribution in [0.25, 0.3) is 22.3 Å². The number of hydrogen-bond donors (Lipinski definition) is 3. The summed E-state index contributed by atoms with van der Waals surface area (Å²) < 4.78 is 53.8. The van der Waals surface area contributed by atoms with E-state index in [9.17, 15) is 17.2 Å². The fourth-order valence-electron chi connectivity index (χ4n) is 3.19. The van der Waals surface area contributed by atoms with E-state index in [1.807, 2.05) is 11.8 Å². The molecule has 166 valence electrons. The van der Waals surface area contributed by atoms with Crippen molar-refractivity contribution in [2.24, 2.45) is 0 Å². The Hall–Kier alpha value is -2.57. The number of H-pyrrole nitrogens is 1. The minimum atomic E-state index is -3.65. The molecule has 8 nitrogen and oxygen atoms in total. The second kappa shape index (κ2) is 10.2. The minimum absolute atomic E-state index is 0.0571. The third-order valence-corrected chi connectivity index (χ3v) is 7.21. The number of fused-ring (bicyclic) bond motifs is 1. The molecule has 0 spiro atoms. The molecule has 3 aromatic heterocycles. The second-order valence-corrected chi connectivity index (χ2v) is 9.58. The van der Waals surface area contributed by atoms with E-state index in [-0.39, 0.29) is 23.1 Å². The number of carboxylic acid groups (broad SMARTS) is 1. The molecule has 1 aliphatic heterocycles. The number of pyridine rings is 2. The lowest BCUT2D eigenvalue weighted by molar-refractivity contribution is -0.122. The number of aromatic amines is 1. The van der Waals surface area contributed by atoms with E-state index in [2.05, 4.69) is 19.7 Å². The van der Waals surface area contributed by atoms with Crippen molar-refractivity contribution in [1.82, 2.24) is 19.7 Å². The molecule has 0 aliphatic carbocycles. The number of sulfonamides is 1. The number of rotatable bonds is 5. The zero-order valence-corrected chi connectivity index (χ0v) is 17.8. The number of alkyl halides is 2. The number of aromatic nitrogens is 3. The normalized spacial score (nSPS) is 14.9. The number of halogens is 2. The van der Waals surface area contributed by atoms with Gasteiger partial charge in [0.1, 0.15) is 10.5 Å². The van der Waals surface area contributed by atoms with E-state index >= 15 is 0 Å². The third kappa shape index (κ3) is 5.57. The molecule has 0 amide bonds. The number of nitrogens with one attached hydrogen (secondary N) is 2. The van der Waals surface area contributed by atoms with E-state index in [1.165, 1.54) is 24.5 Å². The highest BCUT2D eigenvalue weighted by molar-refractivity contribution is 7.99. The van der Waals surface area contributed by atoms with Crippen LogP contribution < -0.4 is 4.72 Å². The monoisotopic (exact) mass is 470 g/mol. The molecule has 4 rings (SSSR count). The van der Waals surface area contributed by atoms with Crippen LogP contribution in [0.1, 0.15) is 25.0 Å². The largest absolute Gasteiger partial charge is 0.483 e. The molecule has 3 N–H and O–H groups in total. The Labute approximate surface area is 181 Å². The summed E-state index contributed by atoms with van der Waals surface area (Å²) in [5.41, 5.74) is 1.21. The van der Waals surface area contributed by atoms with Crippen LogP contribution in [-0.2, 0) is 14.8 Å². The summed E-state index contributed by atoms with van der Waals surface area (Å²) in [6, 6.07) is 6.01. The maximum atomic E-state index is 13.0. The third-order valence-electron chi connectivity index (χ3n) is 4.65. The standard InChI is InChI=1S/C18H18F2N4O2S2.CH2O2/c19-17(20)16-9-14-13(3-6-21-18(14)23-16)15-2-1-12(10-22-15)28(25,26)24-11-4-7-27-8-5-11;2-1-3/h1-3,6,9-11,17,24H,4-5,7-8H2,(H,21,23);1H,(H,2,3). The molecule has 4 heterocycles. The summed E-state index contributed by atoms with van der Waals surface area (Å²) in [4.78, 5) is 19.4. The predicted octanol–water partition coefficient (Wildman–Crippen LogP) is 3.44. The van der Waals surface area contributed by atoms with Crippen LogP contribution in [-0.4, -0.2) is 52.5 Å². The van der Waals surface area contributed by atoms with Gasteiger partial charge in [0.05, 0.1) is 11.4 Å². The number of nitrogens with zero attached hydrogens (tertiary/aromatic N) is 2. The summed E-state index contributed by atoms with van der Waals surface area (Å²) in [6.07, 6.45) is 1.78. The Morgan fingerprint density at radius 3 is 2.55 bits per heavy atom. The first-order chi connectivity index (χ1) is 14.9. The van der Waals surface area contributed by atoms with Crippen molar-refractivity contribution >= 4 is 39.3 Å². The highest BCUT2D eigenvalue weighted by Crippen LogP contribution is 2.30. The highest BCUT2D eigenvalue weighted by atomic mass is 32.2. The van der Waals surface area contributed by atoms with E-state index < -0.39 is 16.4 Å². The van der Waals surface area contributed by atoms with Crippen LogP contribution in [0.5, 0.6) is 0 Å². The molecule has 1 fully saturated rings. The van der Waals surface area contributed by atoms with Gasteiger partial charge < -0.3 is 10.1 Å². The molecule has 31 heavy (non-hydrogen) atoms. The Balaban J connectivity index is 0.000000858. The molecule has 0 atom stereocenters. The molecule has 0 saturated carbocycles. The highest BCUT2D eigenvalue weighted by Gasteiger charge is 2.22. The fraction of sp³-hybridized carbons (Fsp3) is 0.316.